The first kappa shape index (κ1) is 51.0. The molecule has 23 heteroatoms. The van der Waals surface area contributed by atoms with Gasteiger partial charge in [0.05, 0.1) is 38.7 Å². The number of amides is 8. The van der Waals surface area contributed by atoms with Gasteiger partial charge in [0.25, 0.3) is 0 Å². The average molecular weight is 811 g/mol. The lowest BCUT2D eigenvalue weighted by Gasteiger charge is -2.25. The van der Waals surface area contributed by atoms with Crippen LogP contribution in [0.2, 0.25) is 0 Å². The Labute approximate surface area is 330 Å². The molecule has 6 atom stereocenters. The number of aliphatic carboxylic acids is 1. The Morgan fingerprint density at radius 3 is 1.72 bits per heavy atom. The van der Waals surface area contributed by atoms with Crippen LogP contribution in [0.4, 0.5) is 0 Å². The van der Waals surface area contributed by atoms with Crippen molar-refractivity contribution >= 4 is 59.2 Å². The van der Waals surface area contributed by atoms with Crippen molar-refractivity contribution in [2.45, 2.75) is 96.6 Å². The van der Waals surface area contributed by atoms with E-state index in [-0.39, 0.29) is 50.1 Å². The summed E-state index contributed by atoms with van der Waals surface area (Å²) >= 11 is 0. The molecule has 0 aromatic carbocycles. The first-order valence-corrected chi connectivity index (χ1v) is 18.0. The maximum Gasteiger partial charge on any atom is 0.305 e. The predicted molar refractivity (Wildman–Crippen MR) is 205 cm³/mol. The molecule has 0 rings (SSSR count). The molecule has 0 radical (unpaired) electrons. The molecule has 0 heterocycles. The molecule has 0 aliphatic heterocycles. The number of nitrogens with zero attached hydrogens (tertiary/aromatic N) is 1. The SMILES string of the molecule is C#CCNC(=O)[C@H](C)NC(=O)[C@H](CC(C)C)NC(=O)[C@H](CO)NC(=O)[C@H](CC(=O)O)NC(=O)CNC(=O)[C@H](CCCN=C(N)N)NC(=O)CNC(=O)[C@@H](N)C(C)C. The van der Waals surface area contributed by atoms with Crippen LogP contribution >= 0.6 is 0 Å². The van der Waals surface area contributed by atoms with Crippen LogP contribution < -0.4 is 59.7 Å². The van der Waals surface area contributed by atoms with E-state index in [1.54, 1.807) is 27.7 Å². The predicted octanol–water partition coefficient (Wildman–Crippen LogP) is -6.04. The quantitative estimate of drug-likeness (QED) is 0.0167. The third-order valence-electron chi connectivity index (χ3n) is 7.77. The molecule has 0 spiro atoms. The lowest BCUT2D eigenvalue weighted by atomic mass is 10.0. The normalized spacial score (nSPS) is 13.8. The highest BCUT2D eigenvalue weighted by Gasteiger charge is 2.32. The molecule has 0 saturated heterocycles. The number of carboxylic acid groups (broad SMARTS) is 1. The van der Waals surface area contributed by atoms with E-state index < -0.39 is 116 Å². The van der Waals surface area contributed by atoms with Crippen LogP contribution in [0, 0.1) is 24.2 Å². The Morgan fingerprint density at radius 1 is 0.684 bits per heavy atom. The van der Waals surface area contributed by atoms with Crippen LogP contribution in [0.25, 0.3) is 0 Å². The van der Waals surface area contributed by atoms with Gasteiger partial charge in [-0.25, -0.2) is 0 Å². The number of nitrogens with two attached hydrogens (primary N) is 3. The molecule has 16 N–H and O–H groups in total. The van der Waals surface area contributed by atoms with Crippen molar-refractivity contribution in [3.8, 4) is 12.3 Å². The second kappa shape index (κ2) is 26.7. The van der Waals surface area contributed by atoms with Gasteiger partial charge in [0, 0.05) is 6.54 Å². The third-order valence-corrected chi connectivity index (χ3v) is 7.77. The zero-order valence-electron chi connectivity index (χ0n) is 32.8. The highest BCUT2D eigenvalue weighted by Crippen LogP contribution is 2.07. The topological polar surface area (TPSA) is 381 Å². The number of carbonyl (C=O) groups is 9. The summed E-state index contributed by atoms with van der Waals surface area (Å²) in [6.07, 6.45) is 4.39. The largest absolute Gasteiger partial charge is 0.481 e. The molecule has 0 aromatic rings. The molecular formula is C34H58N12O11. The third kappa shape index (κ3) is 21.6. The fourth-order valence-electron chi connectivity index (χ4n) is 4.64. The van der Waals surface area contributed by atoms with E-state index in [0.29, 0.717) is 0 Å². The van der Waals surface area contributed by atoms with E-state index in [0.717, 1.165) is 0 Å². The van der Waals surface area contributed by atoms with Crippen LogP contribution in [-0.2, 0) is 43.2 Å². The Balaban J connectivity index is 5.69. The Bertz CT molecular complexity index is 1490. The fraction of sp³-hybridized carbons (Fsp3) is 0.647. The number of carboxylic acids is 1. The lowest BCUT2D eigenvalue weighted by molar-refractivity contribution is -0.141. The maximum absolute atomic E-state index is 13.1. The van der Waals surface area contributed by atoms with Gasteiger partial charge in [0.1, 0.15) is 30.2 Å². The molecule has 0 aliphatic carbocycles. The minimum atomic E-state index is -1.82. The summed E-state index contributed by atoms with van der Waals surface area (Å²) in [6, 6.07) is -7.95. The molecule has 0 unspecified atom stereocenters. The van der Waals surface area contributed by atoms with Crippen LogP contribution in [0.5, 0.6) is 0 Å². The summed E-state index contributed by atoms with van der Waals surface area (Å²) in [5.41, 5.74) is 16.4. The van der Waals surface area contributed by atoms with Gasteiger partial charge in [0.15, 0.2) is 5.96 Å². The minimum Gasteiger partial charge on any atom is -0.481 e. The number of aliphatic hydroxyl groups excluding tert-OH is 1. The molecule has 0 saturated carbocycles. The molecule has 57 heavy (non-hydrogen) atoms. The van der Waals surface area contributed by atoms with Gasteiger partial charge in [-0.15, -0.1) is 6.42 Å². The number of guanidine groups is 1. The zero-order valence-corrected chi connectivity index (χ0v) is 32.8. The van der Waals surface area contributed by atoms with E-state index in [1.165, 1.54) is 6.92 Å². The number of carbonyl (C=O) groups excluding carboxylic acids is 8. The van der Waals surface area contributed by atoms with Crippen molar-refractivity contribution < 1.29 is 53.4 Å². The number of hydrogen-bond acceptors (Lipinski definition) is 12. The fourth-order valence-corrected chi connectivity index (χ4v) is 4.64. The Hall–Kier alpha value is -6.02. The van der Waals surface area contributed by atoms with Crippen molar-refractivity contribution in [3.63, 3.8) is 0 Å². The minimum absolute atomic E-state index is 0.0232. The van der Waals surface area contributed by atoms with Crippen LogP contribution in [0.15, 0.2) is 4.99 Å². The zero-order chi connectivity index (χ0) is 43.8. The van der Waals surface area contributed by atoms with E-state index in [1.807, 2.05) is 0 Å². The van der Waals surface area contributed by atoms with Gasteiger partial charge in [-0.1, -0.05) is 33.6 Å². The molecule has 0 fully saturated rings. The van der Waals surface area contributed by atoms with Crippen molar-refractivity contribution in [2.24, 2.45) is 34.0 Å². The second-order valence-electron chi connectivity index (χ2n) is 13.6. The summed E-state index contributed by atoms with van der Waals surface area (Å²) in [5.74, 6) is -6.76. The smallest absolute Gasteiger partial charge is 0.305 e. The van der Waals surface area contributed by atoms with Crippen molar-refractivity contribution in [2.75, 3.05) is 32.8 Å². The Kier molecular flexibility index (Phi) is 23.9. The van der Waals surface area contributed by atoms with E-state index >= 15 is 0 Å². The van der Waals surface area contributed by atoms with Crippen LogP contribution in [0.1, 0.15) is 60.3 Å². The van der Waals surface area contributed by atoms with Crippen LogP contribution in [-0.4, -0.2) is 138 Å². The standard InChI is InChI=1S/C34H58N12O11/c1-7-10-38-28(52)19(6)42-30(54)21(12-17(2)3)45-32(56)23(16-47)46-31(55)22(13-26(50)51)44-25(49)14-40-29(53)20(9-8-11-39-34(36)37)43-24(48)15-41-33(57)27(35)18(4)5/h1,17-23,27,47H,8-16,35H2,2-6H3,(H,38,52)(H,40,53)(H,41,57)(H,42,54)(H,43,48)(H,44,49)(H,45,56)(H,46,55)(H,50,51)(H4,36,37,39)/t19-,20-,21-,22-,23-,27-/m0/s1. The number of aliphatic imine (C=N–C) groups is 1. The number of aliphatic hydroxyl groups is 1. The van der Waals surface area contributed by atoms with Gasteiger partial charge in [-0.2, -0.15) is 0 Å². The van der Waals surface area contributed by atoms with Gasteiger partial charge >= 0.3 is 5.97 Å². The number of hydrogen-bond donors (Lipinski definition) is 13. The number of terminal acetylenes is 1. The monoisotopic (exact) mass is 810 g/mol. The van der Waals surface area contributed by atoms with Gasteiger partial charge < -0.3 is 69.9 Å². The van der Waals surface area contributed by atoms with E-state index in [9.17, 15) is 53.4 Å². The van der Waals surface area contributed by atoms with E-state index in [4.69, 9.17) is 23.6 Å². The first-order chi connectivity index (χ1) is 26.6. The van der Waals surface area contributed by atoms with Crippen molar-refractivity contribution in [1.29, 1.82) is 0 Å². The molecule has 23 nitrogen and oxygen atoms in total. The molecule has 0 aliphatic rings. The van der Waals surface area contributed by atoms with Gasteiger partial charge in [0.2, 0.25) is 47.3 Å². The highest BCUT2D eigenvalue weighted by molar-refractivity contribution is 5.97. The molecule has 0 bridgehead atoms. The second-order valence-corrected chi connectivity index (χ2v) is 13.6. The number of nitrogens with one attached hydrogen (secondary N) is 8. The van der Waals surface area contributed by atoms with Crippen molar-refractivity contribution in [3.05, 3.63) is 0 Å². The lowest BCUT2D eigenvalue weighted by Crippen LogP contribution is -2.59. The molecule has 8 amide bonds. The number of rotatable bonds is 26. The van der Waals surface area contributed by atoms with Gasteiger partial charge in [-0.05, 0) is 38.0 Å². The van der Waals surface area contributed by atoms with Crippen LogP contribution in [0.3, 0.4) is 0 Å². The van der Waals surface area contributed by atoms with Gasteiger partial charge in [-0.3, -0.25) is 48.1 Å². The highest BCUT2D eigenvalue weighted by atomic mass is 16.4. The molecule has 0 aromatic heterocycles. The first-order valence-electron chi connectivity index (χ1n) is 18.0. The summed E-state index contributed by atoms with van der Waals surface area (Å²) in [5, 5.41) is 37.9. The summed E-state index contributed by atoms with van der Waals surface area (Å²) in [6.45, 7) is 5.98. The summed E-state index contributed by atoms with van der Waals surface area (Å²) in [4.78, 5) is 117. The molecular weight excluding hydrogens is 752 g/mol. The maximum atomic E-state index is 13.1. The summed E-state index contributed by atoms with van der Waals surface area (Å²) in [7, 11) is 0. The average Bonchev–Trinajstić information content (AvgIpc) is 3.13. The molecule has 320 valence electrons. The van der Waals surface area contributed by atoms with E-state index in [2.05, 4.69) is 53.4 Å². The Morgan fingerprint density at radius 2 is 1.21 bits per heavy atom. The van der Waals surface area contributed by atoms with Crippen molar-refractivity contribution in [1.82, 2.24) is 42.5 Å². The summed E-state index contributed by atoms with van der Waals surface area (Å²) < 4.78 is 0.